The van der Waals surface area contributed by atoms with Crippen molar-refractivity contribution in [3.63, 3.8) is 0 Å². The Morgan fingerprint density at radius 3 is 2.46 bits per heavy atom. The van der Waals surface area contributed by atoms with Gasteiger partial charge in [-0.05, 0) is 61.4 Å². The topological polar surface area (TPSA) is 58.6 Å². The molecule has 1 N–H and O–H groups in total. The van der Waals surface area contributed by atoms with E-state index in [9.17, 15) is 14.0 Å². The second-order valence-corrected chi connectivity index (χ2v) is 6.31. The second-order valence-electron chi connectivity index (χ2n) is 6.31. The standard InChI is InChI=1S/C20H21FN2O3/c1-26-18-10-8-17(9-11-18)22-19(24)15-3-2-12-23(13-15)20(25)14-4-6-16(21)7-5-14/h4-11,15H,2-3,12-13H2,1H3,(H,22,24). The number of nitrogens with zero attached hydrogens (tertiary/aromatic N) is 1. The maximum atomic E-state index is 13.0. The summed E-state index contributed by atoms with van der Waals surface area (Å²) in [4.78, 5) is 26.8. The number of ether oxygens (including phenoxy) is 1. The van der Waals surface area contributed by atoms with Crippen molar-refractivity contribution in [2.24, 2.45) is 5.92 Å². The van der Waals surface area contributed by atoms with Gasteiger partial charge in [0.2, 0.25) is 5.91 Å². The van der Waals surface area contributed by atoms with Gasteiger partial charge in [-0.1, -0.05) is 0 Å². The summed E-state index contributed by atoms with van der Waals surface area (Å²) < 4.78 is 18.1. The van der Waals surface area contributed by atoms with Crippen molar-refractivity contribution in [1.82, 2.24) is 4.90 Å². The van der Waals surface area contributed by atoms with Crippen molar-refractivity contribution in [3.05, 3.63) is 59.9 Å². The average Bonchev–Trinajstić information content (AvgIpc) is 2.68. The lowest BCUT2D eigenvalue weighted by atomic mass is 9.96. The van der Waals surface area contributed by atoms with Gasteiger partial charge in [0, 0.05) is 24.3 Å². The van der Waals surface area contributed by atoms with E-state index in [1.165, 1.54) is 24.3 Å². The molecule has 1 saturated heterocycles. The molecule has 6 heteroatoms. The summed E-state index contributed by atoms with van der Waals surface area (Å²) in [6, 6.07) is 12.6. The number of rotatable bonds is 4. The fourth-order valence-corrected chi connectivity index (χ4v) is 3.07. The van der Waals surface area contributed by atoms with E-state index < -0.39 is 0 Å². The van der Waals surface area contributed by atoms with Gasteiger partial charge in [-0.3, -0.25) is 9.59 Å². The molecule has 0 radical (unpaired) electrons. The lowest BCUT2D eigenvalue weighted by Gasteiger charge is -2.32. The van der Waals surface area contributed by atoms with Crippen LogP contribution in [0.25, 0.3) is 0 Å². The lowest BCUT2D eigenvalue weighted by molar-refractivity contribution is -0.121. The molecule has 0 aromatic heterocycles. The molecule has 1 aliphatic rings. The monoisotopic (exact) mass is 356 g/mol. The number of methoxy groups -OCH3 is 1. The number of piperidine rings is 1. The number of anilines is 1. The van der Waals surface area contributed by atoms with Crippen molar-refractivity contribution >= 4 is 17.5 Å². The van der Waals surface area contributed by atoms with E-state index >= 15 is 0 Å². The fraction of sp³-hybridized carbons (Fsp3) is 0.300. The number of carbonyl (C=O) groups excluding carboxylic acids is 2. The zero-order chi connectivity index (χ0) is 18.5. The van der Waals surface area contributed by atoms with E-state index in [1.807, 2.05) is 0 Å². The molecule has 1 aliphatic heterocycles. The maximum Gasteiger partial charge on any atom is 0.253 e. The van der Waals surface area contributed by atoms with Crippen LogP contribution in [-0.4, -0.2) is 36.9 Å². The number of hydrogen-bond donors (Lipinski definition) is 1. The van der Waals surface area contributed by atoms with Gasteiger partial charge in [0.15, 0.2) is 0 Å². The summed E-state index contributed by atoms with van der Waals surface area (Å²) >= 11 is 0. The average molecular weight is 356 g/mol. The molecule has 0 saturated carbocycles. The minimum absolute atomic E-state index is 0.105. The molecule has 0 bridgehead atoms. The predicted octanol–water partition coefficient (Wildman–Crippen LogP) is 3.33. The Morgan fingerprint density at radius 2 is 1.81 bits per heavy atom. The number of amides is 2. The van der Waals surface area contributed by atoms with Crippen LogP contribution in [-0.2, 0) is 4.79 Å². The van der Waals surface area contributed by atoms with Gasteiger partial charge in [-0.15, -0.1) is 0 Å². The molecule has 26 heavy (non-hydrogen) atoms. The summed E-state index contributed by atoms with van der Waals surface area (Å²) in [5.74, 6) is -0.206. The van der Waals surface area contributed by atoms with Gasteiger partial charge < -0.3 is 15.0 Å². The molecule has 0 spiro atoms. The van der Waals surface area contributed by atoms with Gasteiger partial charge in [0.1, 0.15) is 11.6 Å². The molecule has 2 aromatic carbocycles. The molecule has 2 aromatic rings. The van der Waals surface area contributed by atoms with Crippen molar-refractivity contribution in [1.29, 1.82) is 0 Å². The smallest absolute Gasteiger partial charge is 0.253 e. The van der Waals surface area contributed by atoms with Crippen LogP contribution in [0, 0.1) is 11.7 Å². The number of halogens is 1. The Hall–Kier alpha value is -2.89. The van der Waals surface area contributed by atoms with E-state index in [2.05, 4.69) is 5.32 Å². The third-order valence-corrected chi connectivity index (χ3v) is 4.53. The highest BCUT2D eigenvalue weighted by molar-refractivity contribution is 5.96. The van der Waals surface area contributed by atoms with Crippen LogP contribution in [0.4, 0.5) is 10.1 Å². The highest BCUT2D eigenvalue weighted by Crippen LogP contribution is 2.22. The molecule has 1 fully saturated rings. The minimum atomic E-state index is -0.378. The zero-order valence-electron chi connectivity index (χ0n) is 14.6. The molecule has 136 valence electrons. The Bertz CT molecular complexity index is 775. The van der Waals surface area contributed by atoms with E-state index in [0.29, 0.717) is 24.3 Å². The second kappa shape index (κ2) is 7.99. The molecule has 1 atom stereocenters. The van der Waals surface area contributed by atoms with E-state index in [1.54, 1.807) is 36.3 Å². The number of hydrogen-bond acceptors (Lipinski definition) is 3. The molecular formula is C20H21FN2O3. The first-order chi connectivity index (χ1) is 12.6. The molecule has 1 heterocycles. The summed E-state index contributed by atoms with van der Waals surface area (Å²) in [7, 11) is 1.59. The van der Waals surface area contributed by atoms with E-state index in [4.69, 9.17) is 4.74 Å². The Balaban J connectivity index is 1.62. The molecule has 1 unspecified atom stereocenters. The Morgan fingerprint density at radius 1 is 1.12 bits per heavy atom. The van der Waals surface area contributed by atoms with Gasteiger partial charge >= 0.3 is 0 Å². The van der Waals surface area contributed by atoms with Crippen molar-refractivity contribution in [3.8, 4) is 5.75 Å². The fourth-order valence-electron chi connectivity index (χ4n) is 3.07. The van der Waals surface area contributed by atoms with E-state index in [-0.39, 0.29) is 23.5 Å². The Labute approximate surface area is 151 Å². The number of carbonyl (C=O) groups is 2. The largest absolute Gasteiger partial charge is 0.497 e. The summed E-state index contributed by atoms with van der Waals surface area (Å²) in [6.07, 6.45) is 1.49. The molecule has 5 nitrogen and oxygen atoms in total. The number of nitrogens with one attached hydrogen (secondary N) is 1. The van der Waals surface area contributed by atoms with Crippen LogP contribution in [0.5, 0.6) is 5.75 Å². The first-order valence-corrected chi connectivity index (χ1v) is 8.56. The highest BCUT2D eigenvalue weighted by atomic mass is 19.1. The summed E-state index contributed by atoms with van der Waals surface area (Å²) in [6.45, 7) is 0.959. The van der Waals surface area contributed by atoms with Gasteiger partial charge in [-0.2, -0.15) is 0 Å². The van der Waals surface area contributed by atoms with Crippen LogP contribution in [0.15, 0.2) is 48.5 Å². The van der Waals surface area contributed by atoms with Crippen molar-refractivity contribution in [2.75, 3.05) is 25.5 Å². The number of benzene rings is 2. The van der Waals surface area contributed by atoms with Gasteiger partial charge in [0.25, 0.3) is 5.91 Å². The maximum absolute atomic E-state index is 13.0. The van der Waals surface area contributed by atoms with Crippen molar-refractivity contribution < 1.29 is 18.7 Å². The lowest BCUT2D eigenvalue weighted by Crippen LogP contribution is -2.43. The predicted molar refractivity (Wildman–Crippen MR) is 96.7 cm³/mol. The quantitative estimate of drug-likeness (QED) is 0.914. The Kier molecular flexibility index (Phi) is 5.51. The molecular weight excluding hydrogens is 335 g/mol. The van der Waals surface area contributed by atoms with Crippen LogP contribution in [0.1, 0.15) is 23.2 Å². The first kappa shape index (κ1) is 17.9. The number of likely N-dealkylation sites (tertiary alicyclic amines) is 1. The van der Waals surface area contributed by atoms with Gasteiger partial charge in [0.05, 0.1) is 13.0 Å². The molecule has 0 aliphatic carbocycles. The summed E-state index contributed by atoms with van der Waals surface area (Å²) in [5, 5.41) is 2.89. The minimum Gasteiger partial charge on any atom is -0.497 e. The van der Waals surface area contributed by atoms with Crippen molar-refractivity contribution in [2.45, 2.75) is 12.8 Å². The third-order valence-electron chi connectivity index (χ3n) is 4.53. The third kappa shape index (κ3) is 4.20. The highest BCUT2D eigenvalue weighted by Gasteiger charge is 2.29. The zero-order valence-corrected chi connectivity index (χ0v) is 14.6. The van der Waals surface area contributed by atoms with Gasteiger partial charge in [-0.25, -0.2) is 4.39 Å². The first-order valence-electron chi connectivity index (χ1n) is 8.56. The molecule has 3 rings (SSSR count). The molecule has 2 amide bonds. The van der Waals surface area contributed by atoms with Crippen LogP contribution < -0.4 is 10.1 Å². The SMILES string of the molecule is COc1ccc(NC(=O)C2CCCN(C(=O)c3ccc(F)cc3)C2)cc1. The van der Waals surface area contributed by atoms with Crippen LogP contribution in [0.3, 0.4) is 0 Å². The van der Waals surface area contributed by atoms with Crippen LogP contribution in [0.2, 0.25) is 0 Å². The van der Waals surface area contributed by atoms with E-state index in [0.717, 1.165) is 18.6 Å². The normalized spacial score (nSPS) is 16.8. The summed E-state index contributed by atoms with van der Waals surface area (Å²) in [5.41, 5.74) is 1.13. The van der Waals surface area contributed by atoms with Crippen LogP contribution >= 0.6 is 0 Å².